The number of nitrogens with one attached hydrogen (secondary N) is 3. The SMILES string of the molecule is O=C(NCCc1c[nH]c2ccccc12)c1ccc2n[nH]nc2c1. The number of carbonyl (C=O) groups is 1. The highest BCUT2D eigenvalue weighted by Crippen LogP contribution is 2.17. The van der Waals surface area contributed by atoms with E-state index in [1.165, 1.54) is 10.9 Å². The van der Waals surface area contributed by atoms with Crippen molar-refractivity contribution in [3.05, 3.63) is 59.8 Å². The molecule has 6 nitrogen and oxygen atoms in total. The van der Waals surface area contributed by atoms with E-state index in [9.17, 15) is 4.79 Å². The second-order valence-corrected chi connectivity index (χ2v) is 5.39. The third-order valence-corrected chi connectivity index (χ3v) is 3.93. The fraction of sp³-hybridized carbons (Fsp3) is 0.118. The van der Waals surface area contributed by atoms with Crippen LogP contribution < -0.4 is 5.32 Å². The molecule has 0 saturated heterocycles. The number of hydrogen-bond donors (Lipinski definition) is 3. The number of aromatic amines is 2. The Balaban J connectivity index is 1.43. The molecule has 4 rings (SSSR count). The molecule has 1 amide bonds. The van der Waals surface area contributed by atoms with Crippen LogP contribution in [0.25, 0.3) is 21.9 Å². The van der Waals surface area contributed by atoms with Crippen molar-refractivity contribution >= 4 is 27.8 Å². The number of nitrogens with zero attached hydrogens (tertiary/aromatic N) is 2. The van der Waals surface area contributed by atoms with Crippen LogP contribution in [-0.4, -0.2) is 32.8 Å². The summed E-state index contributed by atoms with van der Waals surface area (Å²) in [6.45, 7) is 0.581. The summed E-state index contributed by atoms with van der Waals surface area (Å²) >= 11 is 0. The molecule has 0 spiro atoms. The molecule has 2 heterocycles. The first kappa shape index (κ1) is 13.5. The smallest absolute Gasteiger partial charge is 0.251 e. The highest BCUT2D eigenvalue weighted by Gasteiger charge is 2.08. The Morgan fingerprint density at radius 3 is 2.91 bits per heavy atom. The van der Waals surface area contributed by atoms with E-state index in [-0.39, 0.29) is 5.91 Å². The van der Waals surface area contributed by atoms with Crippen LogP contribution in [-0.2, 0) is 6.42 Å². The molecule has 4 aromatic rings. The van der Waals surface area contributed by atoms with Gasteiger partial charge in [0.15, 0.2) is 0 Å². The molecular weight excluding hydrogens is 290 g/mol. The minimum Gasteiger partial charge on any atom is -0.361 e. The first-order valence-corrected chi connectivity index (χ1v) is 7.45. The van der Waals surface area contributed by atoms with E-state index in [2.05, 4.69) is 31.8 Å². The Morgan fingerprint density at radius 2 is 1.96 bits per heavy atom. The van der Waals surface area contributed by atoms with E-state index < -0.39 is 0 Å². The van der Waals surface area contributed by atoms with E-state index in [0.29, 0.717) is 17.6 Å². The Hall–Kier alpha value is -3.15. The van der Waals surface area contributed by atoms with Gasteiger partial charge in [0.25, 0.3) is 5.91 Å². The van der Waals surface area contributed by atoms with Crippen molar-refractivity contribution in [2.75, 3.05) is 6.54 Å². The van der Waals surface area contributed by atoms with Gasteiger partial charge in [-0.3, -0.25) is 4.79 Å². The maximum atomic E-state index is 12.2. The monoisotopic (exact) mass is 305 g/mol. The highest BCUT2D eigenvalue weighted by atomic mass is 16.1. The molecule has 0 saturated carbocycles. The second-order valence-electron chi connectivity index (χ2n) is 5.39. The summed E-state index contributed by atoms with van der Waals surface area (Å²) in [6.07, 6.45) is 2.78. The molecule has 0 fully saturated rings. The number of para-hydroxylation sites is 1. The zero-order valence-electron chi connectivity index (χ0n) is 12.3. The number of fused-ring (bicyclic) bond motifs is 2. The minimum atomic E-state index is -0.102. The van der Waals surface area contributed by atoms with Gasteiger partial charge in [-0.25, -0.2) is 0 Å². The summed E-state index contributed by atoms with van der Waals surface area (Å²) in [4.78, 5) is 15.5. The first-order chi connectivity index (χ1) is 11.3. The van der Waals surface area contributed by atoms with E-state index in [4.69, 9.17) is 0 Å². The standard InChI is InChI=1S/C17H15N5O/c23-17(11-5-6-15-16(9-11)21-22-20-15)18-8-7-12-10-19-14-4-2-1-3-13(12)14/h1-6,9-10,19H,7-8H2,(H,18,23)(H,20,21,22). The average Bonchev–Trinajstić information content (AvgIpc) is 3.21. The molecule has 0 aliphatic rings. The van der Waals surface area contributed by atoms with Gasteiger partial charge in [-0.1, -0.05) is 18.2 Å². The van der Waals surface area contributed by atoms with Crippen LogP contribution in [0.15, 0.2) is 48.7 Å². The van der Waals surface area contributed by atoms with Crippen molar-refractivity contribution < 1.29 is 4.79 Å². The number of carbonyl (C=O) groups excluding carboxylic acids is 1. The van der Waals surface area contributed by atoms with Gasteiger partial charge in [-0.15, -0.1) is 0 Å². The van der Waals surface area contributed by atoms with Crippen molar-refractivity contribution in [3.63, 3.8) is 0 Å². The molecule has 0 bridgehead atoms. The Morgan fingerprint density at radius 1 is 1.09 bits per heavy atom. The zero-order valence-corrected chi connectivity index (χ0v) is 12.3. The second kappa shape index (κ2) is 5.57. The highest BCUT2D eigenvalue weighted by molar-refractivity contribution is 5.97. The molecular formula is C17H15N5O. The summed E-state index contributed by atoms with van der Waals surface area (Å²) in [6, 6.07) is 13.4. The molecule has 114 valence electrons. The quantitative estimate of drug-likeness (QED) is 0.541. The van der Waals surface area contributed by atoms with Crippen molar-refractivity contribution in [1.82, 2.24) is 25.7 Å². The molecule has 0 aliphatic heterocycles. The largest absolute Gasteiger partial charge is 0.361 e. The fourth-order valence-corrected chi connectivity index (χ4v) is 2.73. The maximum Gasteiger partial charge on any atom is 0.251 e. The van der Waals surface area contributed by atoms with Gasteiger partial charge in [-0.05, 0) is 36.2 Å². The maximum absolute atomic E-state index is 12.2. The topological polar surface area (TPSA) is 86.5 Å². The molecule has 3 N–H and O–H groups in total. The van der Waals surface area contributed by atoms with Gasteiger partial charge in [0, 0.05) is 29.2 Å². The van der Waals surface area contributed by atoms with Crippen LogP contribution in [0.1, 0.15) is 15.9 Å². The summed E-state index contributed by atoms with van der Waals surface area (Å²) in [5.74, 6) is -0.102. The Labute approximate surface area is 131 Å². The van der Waals surface area contributed by atoms with Crippen LogP contribution >= 0.6 is 0 Å². The lowest BCUT2D eigenvalue weighted by molar-refractivity contribution is 0.0954. The number of H-pyrrole nitrogens is 2. The minimum absolute atomic E-state index is 0.102. The van der Waals surface area contributed by atoms with Crippen molar-refractivity contribution in [3.8, 4) is 0 Å². The lowest BCUT2D eigenvalue weighted by Gasteiger charge is -2.05. The molecule has 0 aliphatic carbocycles. The van der Waals surface area contributed by atoms with Crippen LogP contribution in [0.4, 0.5) is 0 Å². The van der Waals surface area contributed by atoms with Crippen molar-refractivity contribution in [1.29, 1.82) is 0 Å². The molecule has 0 unspecified atom stereocenters. The number of hydrogen-bond acceptors (Lipinski definition) is 3. The normalized spacial score (nSPS) is 11.1. The number of aromatic nitrogens is 4. The molecule has 6 heteroatoms. The summed E-state index contributed by atoms with van der Waals surface area (Å²) in [7, 11) is 0. The molecule has 0 atom stereocenters. The van der Waals surface area contributed by atoms with E-state index in [1.54, 1.807) is 18.2 Å². The number of amides is 1. The third kappa shape index (κ3) is 2.55. The van der Waals surface area contributed by atoms with Crippen LogP contribution in [0.5, 0.6) is 0 Å². The molecule has 23 heavy (non-hydrogen) atoms. The van der Waals surface area contributed by atoms with Crippen LogP contribution in [0.2, 0.25) is 0 Å². The van der Waals surface area contributed by atoms with Gasteiger partial charge in [0.05, 0.1) is 0 Å². The summed E-state index contributed by atoms with van der Waals surface area (Å²) in [5.41, 5.74) is 4.35. The molecule has 2 aromatic heterocycles. The average molecular weight is 305 g/mol. The van der Waals surface area contributed by atoms with Gasteiger partial charge < -0.3 is 10.3 Å². The summed E-state index contributed by atoms with van der Waals surface area (Å²) < 4.78 is 0. The van der Waals surface area contributed by atoms with Gasteiger partial charge >= 0.3 is 0 Å². The fourth-order valence-electron chi connectivity index (χ4n) is 2.73. The van der Waals surface area contributed by atoms with Crippen molar-refractivity contribution in [2.24, 2.45) is 0 Å². The number of benzene rings is 2. The predicted octanol–water partition coefficient (Wildman–Crippen LogP) is 2.41. The Bertz CT molecular complexity index is 985. The van der Waals surface area contributed by atoms with E-state index in [0.717, 1.165) is 17.5 Å². The number of rotatable bonds is 4. The lowest BCUT2D eigenvalue weighted by atomic mass is 10.1. The zero-order chi connectivity index (χ0) is 15.6. The van der Waals surface area contributed by atoms with E-state index in [1.807, 2.05) is 24.4 Å². The molecule has 0 radical (unpaired) electrons. The third-order valence-electron chi connectivity index (χ3n) is 3.93. The predicted molar refractivity (Wildman–Crippen MR) is 88.2 cm³/mol. The van der Waals surface area contributed by atoms with E-state index >= 15 is 0 Å². The Kier molecular flexibility index (Phi) is 3.27. The summed E-state index contributed by atoms with van der Waals surface area (Å²) in [5, 5.41) is 14.7. The van der Waals surface area contributed by atoms with Crippen LogP contribution in [0, 0.1) is 0 Å². The lowest BCUT2D eigenvalue weighted by Crippen LogP contribution is -2.25. The van der Waals surface area contributed by atoms with Crippen LogP contribution in [0.3, 0.4) is 0 Å². The van der Waals surface area contributed by atoms with Gasteiger partial charge in [0.2, 0.25) is 0 Å². The van der Waals surface area contributed by atoms with Gasteiger partial charge in [0.1, 0.15) is 11.0 Å². The molecule has 2 aromatic carbocycles. The van der Waals surface area contributed by atoms with Crippen molar-refractivity contribution in [2.45, 2.75) is 6.42 Å². The van der Waals surface area contributed by atoms with Gasteiger partial charge in [-0.2, -0.15) is 15.4 Å². The first-order valence-electron chi connectivity index (χ1n) is 7.45.